The Kier molecular flexibility index (Phi) is 3.73. The number of nitro benzene ring substituents is 1. The van der Waals surface area contributed by atoms with Gasteiger partial charge in [-0.3, -0.25) is 14.9 Å². The van der Waals surface area contributed by atoms with Gasteiger partial charge < -0.3 is 10.6 Å². The van der Waals surface area contributed by atoms with Gasteiger partial charge in [-0.25, -0.2) is 0 Å². The number of hydrogen-bond donors (Lipinski definition) is 1. The molecule has 0 spiro atoms. The predicted molar refractivity (Wildman–Crippen MR) is 86.9 cm³/mol. The molecule has 118 valence electrons. The summed E-state index contributed by atoms with van der Waals surface area (Å²) in [5, 5.41) is 10.9. The summed E-state index contributed by atoms with van der Waals surface area (Å²) in [5.74, 6) is 0.0689. The van der Waals surface area contributed by atoms with Crippen LogP contribution in [0.25, 0.3) is 0 Å². The fourth-order valence-electron chi connectivity index (χ4n) is 3.06. The van der Waals surface area contributed by atoms with Gasteiger partial charge >= 0.3 is 0 Å². The summed E-state index contributed by atoms with van der Waals surface area (Å²) >= 11 is 0. The average Bonchev–Trinajstić information content (AvgIpc) is 2.53. The van der Waals surface area contributed by atoms with Crippen molar-refractivity contribution >= 4 is 17.3 Å². The van der Waals surface area contributed by atoms with Crippen LogP contribution in [0.15, 0.2) is 48.5 Å². The average molecular weight is 311 g/mol. The first-order chi connectivity index (χ1) is 11.0. The Morgan fingerprint density at radius 2 is 1.96 bits per heavy atom. The van der Waals surface area contributed by atoms with Gasteiger partial charge in [-0.15, -0.1) is 0 Å². The number of anilines is 1. The first-order valence-corrected chi connectivity index (χ1v) is 7.39. The zero-order valence-electron chi connectivity index (χ0n) is 12.7. The minimum Gasteiger partial charge on any atom is -0.398 e. The highest BCUT2D eigenvalue weighted by atomic mass is 16.6. The number of nitrogens with two attached hydrogens (primary N) is 1. The molecule has 2 N–H and O–H groups in total. The number of carbonyl (C=O) groups is 1. The molecule has 1 fully saturated rings. The number of likely N-dealkylation sites (tertiary alicyclic amines) is 1. The van der Waals surface area contributed by atoms with Gasteiger partial charge in [0.1, 0.15) is 0 Å². The second-order valence-electron chi connectivity index (χ2n) is 5.82. The molecule has 1 saturated heterocycles. The predicted octanol–water partition coefficient (Wildman–Crippen LogP) is 3.01. The molecule has 0 unspecified atom stereocenters. The van der Waals surface area contributed by atoms with Crippen molar-refractivity contribution in [2.45, 2.75) is 13.0 Å². The van der Waals surface area contributed by atoms with Crippen LogP contribution in [0, 0.1) is 16.0 Å². The summed E-state index contributed by atoms with van der Waals surface area (Å²) in [6.45, 7) is 2.69. The van der Waals surface area contributed by atoms with Crippen LogP contribution in [0.5, 0.6) is 0 Å². The molecule has 1 heterocycles. The Morgan fingerprint density at radius 3 is 2.57 bits per heavy atom. The van der Waals surface area contributed by atoms with Crippen molar-refractivity contribution < 1.29 is 9.72 Å². The molecule has 1 aliphatic heterocycles. The number of benzene rings is 2. The molecular weight excluding hydrogens is 294 g/mol. The quantitative estimate of drug-likeness (QED) is 0.536. The van der Waals surface area contributed by atoms with E-state index in [0.29, 0.717) is 12.5 Å². The SMILES string of the molecule is C[C@@H]1CN(C(=O)c2cc([N+](=O)[O-])ccc2N)[C@@H]1c1ccccc1. The van der Waals surface area contributed by atoms with Crippen LogP contribution < -0.4 is 5.73 Å². The molecule has 3 rings (SSSR count). The molecule has 6 nitrogen and oxygen atoms in total. The minimum atomic E-state index is -0.524. The molecule has 6 heteroatoms. The Bertz CT molecular complexity index is 761. The Balaban J connectivity index is 1.92. The summed E-state index contributed by atoms with van der Waals surface area (Å²) in [6, 6.07) is 13.7. The molecule has 2 aromatic carbocycles. The first kappa shape index (κ1) is 15.0. The van der Waals surface area contributed by atoms with Gasteiger partial charge in [0.05, 0.1) is 16.5 Å². The van der Waals surface area contributed by atoms with Crippen molar-refractivity contribution in [3.05, 3.63) is 69.8 Å². The van der Waals surface area contributed by atoms with Crippen molar-refractivity contribution in [2.75, 3.05) is 12.3 Å². The lowest BCUT2D eigenvalue weighted by atomic mass is 9.84. The molecule has 0 aromatic heterocycles. The van der Waals surface area contributed by atoms with Gasteiger partial charge in [0.2, 0.25) is 0 Å². The molecule has 0 saturated carbocycles. The number of nitrogens with zero attached hydrogens (tertiary/aromatic N) is 2. The monoisotopic (exact) mass is 311 g/mol. The molecule has 1 amide bonds. The maximum atomic E-state index is 12.8. The fraction of sp³-hybridized carbons (Fsp3) is 0.235. The lowest BCUT2D eigenvalue weighted by Crippen LogP contribution is -2.51. The van der Waals surface area contributed by atoms with Gasteiger partial charge in [0.15, 0.2) is 0 Å². The highest BCUT2D eigenvalue weighted by Crippen LogP contribution is 2.40. The third kappa shape index (κ3) is 2.63. The van der Waals surface area contributed by atoms with E-state index in [2.05, 4.69) is 6.92 Å². The minimum absolute atomic E-state index is 0.0256. The summed E-state index contributed by atoms with van der Waals surface area (Å²) in [6.07, 6.45) is 0. The second kappa shape index (κ2) is 5.72. The van der Waals surface area contributed by atoms with E-state index >= 15 is 0 Å². The maximum absolute atomic E-state index is 12.8. The van der Waals surface area contributed by atoms with Crippen LogP contribution >= 0.6 is 0 Å². The lowest BCUT2D eigenvalue weighted by molar-refractivity contribution is -0.384. The summed E-state index contributed by atoms with van der Waals surface area (Å²) in [7, 11) is 0. The van der Waals surface area contributed by atoms with Crippen LogP contribution in [-0.2, 0) is 0 Å². The Hall–Kier alpha value is -2.89. The van der Waals surface area contributed by atoms with Crippen LogP contribution in [0.3, 0.4) is 0 Å². The standard InChI is InChI=1S/C17H17N3O3/c1-11-10-19(16(11)12-5-3-2-4-6-12)17(21)14-9-13(20(22)23)7-8-15(14)18/h2-9,11,16H,10,18H2,1H3/t11-,16+/m1/s1. The zero-order valence-corrected chi connectivity index (χ0v) is 12.7. The summed E-state index contributed by atoms with van der Waals surface area (Å²) in [4.78, 5) is 24.9. The largest absolute Gasteiger partial charge is 0.398 e. The second-order valence-corrected chi connectivity index (χ2v) is 5.82. The van der Waals surface area contributed by atoms with E-state index in [-0.39, 0.29) is 28.9 Å². The highest BCUT2D eigenvalue weighted by molar-refractivity contribution is 6.00. The number of carbonyl (C=O) groups excluding carboxylic acids is 1. The van der Waals surface area contributed by atoms with Gasteiger partial charge in [-0.2, -0.15) is 0 Å². The van der Waals surface area contributed by atoms with E-state index < -0.39 is 4.92 Å². The zero-order chi connectivity index (χ0) is 16.6. The third-order valence-electron chi connectivity index (χ3n) is 4.24. The van der Waals surface area contributed by atoms with Crippen LogP contribution in [0.2, 0.25) is 0 Å². The van der Waals surface area contributed by atoms with Crippen molar-refractivity contribution in [3.63, 3.8) is 0 Å². The van der Waals surface area contributed by atoms with Gasteiger partial charge in [-0.1, -0.05) is 37.3 Å². The fourth-order valence-corrected chi connectivity index (χ4v) is 3.06. The van der Waals surface area contributed by atoms with Gasteiger partial charge in [-0.05, 0) is 17.5 Å². The van der Waals surface area contributed by atoms with E-state index in [1.165, 1.54) is 18.2 Å². The van der Waals surface area contributed by atoms with Gasteiger partial charge in [0.25, 0.3) is 11.6 Å². The molecule has 23 heavy (non-hydrogen) atoms. The van der Waals surface area contributed by atoms with Crippen LogP contribution in [0.1, 0.15) is 28.9 Å². The van der Waals surface area contributed by atoms with Crippen molar-refractivity contribution in [1.29, 1.82) is 0 Å². The molecule has 0 bridgehead atoms. The van der Waals surface area contributed by atoms with E-state index in [0.717, 1.165) is 5.56 Å². The van der Waals surface area contributed by atoms with E-state index in [4.69, 9.17) is 5.73 Å². The molecule has 2 aromatic rings. The maximum Gasteiger partial charge on any atom is 0.270 e. The number of nitro groups is 1. The van der Waals surface area contributed by atoms with E-state index in [1.54, 1.807) is 4.90 Å². The Morgan fingerprint density at radius 1 is 1.26 bits per heavy atom. The normalized spacial score (nSPS) is 20.0. The molecule has 0 radical (unpaired) electrons. The highest BCUT2D eigenvalue weighted by Gasteiger charge is 2.40. The lowest BCUT2D eigenvalue weighted by Gasteiger charge is -2.47. The molecule has 2 atom stereocenters. The summed E-state index contributed by atoms with van der Waals surface area (Å²) < 4.78 is 0. The number of non-ortho nitro benzene ring substituents is 1. The number of nitrogen functional groups attached to an aromatic ring is 1. The van der Waals surface area contributed by atoms with E-state index in [9.17, 15) is 14.9 Å². The van der Waals surface area contributed by atoms with Gasteiger partial charge in [0, 0.05) is 24.4 Å². The topological polar surface area (TPSA) is 89.5 Å². The van der Waals surface area contributed by atoms with Crippen LogP contribution in [0.4, 0.5) is 11.4 Å². The number of rotatable bonds is 3. The molecular formula is C17H17N3O3. The smallest absolute Gasteiger partial charge is 0.270 e. The molecule has 0 aliphatic carbocycles. The first-order valence-electron chi connectivity index (χ1n) is 7.39. The van der Waals surface area contributed by atoms with Crippen molar-refractivity contribution in [1.82, 2.24) is 4.90 Å². The number of amides is 1. The van der Waals surface area contributed by atoms with Crippen molar-refractivity contribution in [3.8, 4) is 0 Å². The van der Waals surface area contributed by atoms with Crippen LogP contribution in [-0.4, -0.2) is 22.3 Å². The third-order valence-corrected chi connectivity index (χ3v) is 4.24. The van der Waals surface area contributed by atoms with E-state index in [1.807, 2.05) is 30.3 Å². The van der Waals surface area contributed by atoms with Crippen molar-refractivity contribution in [2.24, 2.45) is 5.92 Å². The summed E-state index contributed by atoms with van der Waals surface area (Å²) in [5.41, 5.74) is 7.23. The molecule has 1 aliphatic rings. The number of hydrogen-bond acceptors (Lipinski definition) is 4. The Labute approximate surface area is 133 Å².